The maximum Gasteiger partial charge on any atom is 0.0776 e. The van der Waals surface area contributed by atoms with Crippen LogP contribution in [0.15, 0.2) is 152 Å². The van der Waals surface area contributed by atoms with Crippen LogP contribution in [-0.4, -0.2) is 16.1 Å². The Hall–Kier alpha value is -5.43. The molecule has 1 aliphatic rings. The Morgan fingerprint density at radius 2 is 1.05 bits per heavy atom. The molecule has 0 atom stereocenters. The lowest BCUT2D eigenvalue weighted by atomic mass is 9.70. The molecular formula is C54H56N2Si2. The summed E-state index contributed by atoms with van der Waals surface area (Å²) in [5.41, 5.74) is 11.5. The summed E-state index contributed by atoms with van der Waals surface area (Å²) in [5, 5.41) is 11.0. The SMILES string of the molecule is C=CCc1cc(N(c2ccccc2)c2cccc([Si](C)(C)C)c2)c2cc3c4c(cc(N(c5ccccc5)c5cccc([Si](C)(C)C)c5)c5ccc1c2c54)CCC3(C)C. The van der Waals surface area contributed by atoms with Gasteiger partial charge in [-0.15, -0.1) is 6.58 Å². The molecule has 0 radical (unpaired) electrons. The molecule has 0 aromatic heterocycles. The fourth-order valence-corrected chi connectivity index (χ4v) is 11.8. The van der Waals surface area contributed by atoms with Crippen LogP contribution >= 0.6 is 0 Å². The van der Waals surface area contributed by atoms with E-state index in [1.807, 2.05) is 0 Å². The van der Waals surface area contributed by atoms with Crippen molar-refractivity contribution in [1.82, 2.24) is 0 Å². The molecule has 0 saturated heterocycles. The van der Waals surface area contributed by atoms with E-state index >= 15 is 0 Å². The van der Waals surface area contributed by atoms with Crippen LogP contribution in [0.25, 0.3) is 32.3 Å². The first-order valence-corrected chi connectivity index (χ1v) is 28.1. The highest BCUT2D eigenvalue weighted by Crippen LogP contribution is 2.54. The molecule has 290 valence electrons. The molecular weight excluding hydrogens is 733 g/mol. The van der Waals surface area contributed by atoms with Gasteiger partial charge in [-0.1, -0.05) is 142 Å². The van der Waals surface area contributed by atoms with E-state index in [2.05, 4.69) is 215 Å². The molecule has 8 aromatic carbocycles. The lowest BCUT2D eigenvalue weighted by Gasteiger charge is -2.37. The summed E-state index contributed by atoms with van der Waals surface area (Å²) in [6.07, 6.45) is 5.01. The van der Waals surface area contributed by atoms with Crippen LogP contribution in [0.2, 0.25) is 39.3 Å². The minimum absolute atomic E-state index is 0.0124. The maximum atomic E-state index is 4.28. The predicted octanol–water partition coefficient (Wildman–Crippen LogP) is 14.6. The number of hydrogen-bond acceptors (Lipinski definition) is 2. The summed E-state index contributed by atoms with van der Waals surface area (Å²) in [6, 6.07) is 53.2. The minimum Gasteiger partial charge on any atom is -0.310 e. The van der Waals surface area contributed by atoms with Gasteiger partial charge in [0.15, 0.2) is 0 Å². The van der Waals surface area contributed by atoms with Crippen LogP contribution in [-0.2, 0) is 18.3 Å². The summed E-state index contributed by atoms with van der Waals surface area (Å²) < 4.78 is 0. The zero-order chi connectivity index (χ0) is 40.6. The Bertz CT molecular complexity index is 2830. The van der Waals surface area contributed by atoms with Crippen LogP contribution in [0.4, 0.5) is 34.1 Å². The summed E-state index contributed by atoms with van der Waals surface area (Å²) >= 11 is 0. The third kappa shape index (κ3) is 6.47. The van der Waals surface area contributed by atoms with E-state index < -0.39 is 16.1 Å². The van der Waals surface area contributed by atoms with Gasteiger partial charge in [-0.05, 0) is 124 Å². The normalized spacial score (nSPS) is 14.0. The number of allylic oxidation sites excluding steroid dienone is 1. The molecule has 0 fully saturated rings. The van der Waals surface area contributed by atoms with Crippen molar-refractivity contribution < 1.29 is 0 Å². The topological polar surface area (TPSA) is 6.48 Å². The third-order valence-electron chi connectivity index (χ3n) is 12.7. The van der Waals surface area contributed by atoms with E-state index in [1.165, 1.54) is 93.5 Å². The summed E-state index contributed by atoms with van der Waals surface area (Å²) in [6.45, 7) is 23.9. The molecule has 8 aromatic rings. The highest BCUT2D eigenvalue weighted by atomic mass is 28.3. The average Bonchev–Trinajstić information content (AvgIpc) is 3.20. The molecule has 58 heavy (non-hydrogen) atoms. The fourth-order valence-electron chi connectivity index (χ4n) is 9.46. The van der Waals surface area contributed by atoms with Gasteiger partial charge >= 0.3 is 0 Å². The van der Waals surface area contributed by atoms with Crippen LogP contribution < -0.4 is 20.2 Å². The predicted molar refractivity (Wildman–Crippen MR) is 261 cm³/mol. The van der Waals surface area contributed by atoms with Gasteiger partial charge in [-0.25, -0.2) is 0 Å². The molecule has 0 unspecified atom stereocenters. The summed E-state index contributed by atoms with van der Waals surface area (Å²) in [7, 11) is -3.19. The van der Waals surface area contributed by atoms with E-state index in [1.54, 1.807) is 0 Å². The Labute approximate surface area is 347 Å². The first kappa shape index (κ1) is 38.1. The zero-order valence-electron chi connectivity index (χ0n) is 35.6. The largest absolute Gasteiger partial charge is 0.310 e. The molecule has 0 bridgehead atoms. The van der Waals surface area contributed by atoms with Crippen LogP contribution in [0.1, 0.15) is 37.0 Å². The molecule has 2 nitrogen and oxygen atoms in total. The van der Waals surface area contributed by atoms with Gasteiger partial charge in [0.2, 0.25) is 0 Å². The molecule has 1 aliphatic carbocycles. The molecule has 9 rings (SSSR count). The average molecular weight is 789 g/mol. The number of hydrogen-bond donors (Lipinski definition) is 0. The number of para-hydroxylation sites is 2. The lowest BCUT2D eigenvalue weighted by Crippen LogP contribution is -2.37. The molecule has 0 aliphatic heterocycles. The standard InChI is InChI=1S/C54H56N2Si2/c1-10-19-37-32-50(56(40-22-15-12-16-23-40)42-25-18-27-44(35-42)58(7,8)9)47-36-48-51-38(30-31-54(48,2)3)33-49(46-29-28-45(37)52(47)53(46)51)55(39-20-13-11-14-21-39)41-24-17-26-43(34-41)57(4,5)6/h10-18,20-29,32-36H,1,19,30-31H2,2-9H3. The molecule has 0 saturated carbocycles. The second kappa shape index (κ2) is 14.1. The van der Waals surface area contributed by atoms with Crippen molar-refractivity contribution in [2.75, 3.05) is 9.80 Å². The number of rotatable bonds is 10. The van der Waals surface area contributed by atoms with Crippen molar-refractivity contribution in [3.63, 3.8) is 0 Å². The summed E-state index contributed by atoms with van der Waals surface area (Å²) in [4.78, 5) is 5.07. The van der Waals surface area contributed by atoms with E-state index in [-0.39, 0.29) is 5.41 Å². The number of aryl methyl sites for hydroxylation is 1. The van der Waals surface area contributed by atoms with Gasteiger partial charge < -0.3 is 9.80 Å². The van der Waals surface area contributed by atoms with Crippen molar-refractivity contribution in [2.45, 2.75) is 77.8 Å². The van der Waals surface area contributed by atoms with Crippen molar-refractivity contribution in [3.05, 3.63) is 169 Å². The molecule has 0 spiro atoms. The highest BCUT2D eigenvalue weighted by Gasteiger charge is 2.34. The Balaban J connectivity index is 1.44. The second-order valence-electron chi connectivity index (χ2n) is 19.2. The Kier molecular flexibility index (Phi) is 9.29. The van der Waals surface area contributed by atoms with E-state index in [4.69, 9.17) is 0 Å². The zero-order valence-corrected chi connectivity index (χ0v) is 37.6. The Morgan fingerprint density at radius 3 is 1.59 bits per heavy atom. The van der Waals surface area contributed by atoms with Crippen LogP contribution in [0.5, 0.6) is 0 Å². The fraction of sp³-hybridized carbons (Fsp3) is 0.222. The number of anilines is 6. The number of nitrogens with zero attached hydrogens (tertiary/aromatic N) is 2. The van der Waals surface area contributed by atoms with Gasteiger partial charge in [0, 0.05) is 38.9 Å². The number of benzene rings is 8. The molecule has 0 amide bonds. The van der Waals surface area contributed by atoms with Crippen molar-refractivity contribution in [1.29, 1.82) is 0 Å². The molecule has 0 N–H and O–H groups in total. The lowest BCUT2D eigenvalue weighted by molar-refractivity contribution is 0.475. The third-order valence-corrected chi connectivity index (χ3v) is 16.8. The van der Waals surface area contributed by atoms with Gasteiger partial charge in [-0.2, -0.15) is 0 Å². The van der Waals surface area contributed by atoms with Gasteiger partial charge in [0.25, 0.3) is 0 Å². The maximum absolute atomic E-state index is 4.28. The first-order chi connectivity index (χ1) is 27.7. The van der Waals surface area contributed by atoms with Crippen molar-refractivity contribution in [2.24, 2.45) is 0 Å². The van der Waals surface area contributed by atoms with Gasteiger partial charge in [0.1, 0.15) is 0 Å². The van der Waals surface area contributed by atoms with E-state index in [0.717, 1.165) is 19.3 Å². The quantitative estimate of drug-likeness (QED) is 0.0774. The highest BCUT2D eigenvalue weighted by molar-refractivity contribution is 6.89. The monoisotopic (exact) mass is 788 g/mol. The smallest absolute Gasteiger partial charge is 0.0776 e. The van der Waals surface area contributed by atoms with E-state index in [9.17, 15) is 0 Å². The first-order valence-electron chi connectivity index (χ1n) is 21.1. The minimum atomic E-state index is -1.60. The van der Waals surface area contributed by atoms with Crippen LogP contribution in [0.3, 0.4) is 0 Å². The van der Waals surface area contributed by atoms with Gasteiger partial charge in [0.05, 0.1) is 27.5 Å². The van der Waals surface area contributed by atoms with Crippen molar-refractivity contribution in [3.8, 4) is 0 Å². The van der Waals surface area contributed by atoms with E-state index in [0.29, 0.717) is 0 Å². The van der Waals surface area contributed by atoms with Crippen molar-refractivity contribution >= 4 is 93.0 Å². The second-order valence-corrected chi connectivity index (χ2v) is 29.3. The van der Waals surface area contributed by atoms with Crippen LogP contribution in [0, 0.1) is 0 Å². The summed E-state index contributed by atoms with van der Waals surface area (Å²) in [5.74, 6) is 0. The molecule has 4 heteroatoms. The van der Waals surface area contributed by atoms with Gasteiger partial charge in [-0.3, -0.25) is 0 Å². The molecule has 0 heterocycles. The Morgan fingerprint density at radius 1 is 0.534 bits per heavy atom.